The third-order valence-electron chi connectivity index (χ3n) is 3.15. The van der Waals surface area contributed by atoms with Gasteiger partial charge in [0.25, 0.3) is 11.6 Å². The normalized spacial score (nSPS) is 11.5. The quantitative estimate of drug-likeness (QED) is 0.477. The van der Waals surface area contributed by atoms with Crippen LogP contribution in [0.3, 0.4) is 0 Å². The lowest BCUT2D eigenvalue weighted by Crippen LogP contribution is -2.30. The Bertz CT molecular complexity index is 824. The minimum absolute atomic E-state index is 0.0889. The minimum atomic E-state index is -1.11. The zero-order valence-corrected chi connectivity index (χ0v) is 14.4. The number of rotatable bonds is 5. The van der Waals surface area contributed by atoms with E-state index in [-0.39, 0.29) is 22.0 Å². The van der Waals surface area contributed by atoms with E-state index in [1.54, 1.807) is 6.07 Å². The van der Waals surface area contributed by atoms with Crippen LogP contribution >= 0.6 is 23.2 Å². The van der Waals surface area contributed by atoms with E-state index in [4.69, 9.17) is 27.9 Å². The van der Waals surface area contributed by atoms with E-state index >= 15 is 0 Å². The Morgan fingerprint density at radius 2 is 1.80 bits per heavy atom. The van der Waals surface area contributed by atoms with Crippen molar-refractivity contribution < 1.29 is 19.2 Å². The Balaban J connectivity index is 2.01. The largest absolute Gasteiger partial charge is 0.449 e. The highest BCUT2D eigenvalue weighted by Crippen LogP contribution is 2.25. The fraction of sp³-hybridized carbons (Fsp3) is 0.125. The summed E-state index contributed by atoms with van der Waals surface area (Å²) in [5, 5.41) is 13.8. The number of carbonyl (C=O) groups excluding carboxylic acids is 2. The molecular formula is C16H12Cl2N2O5. The van der Waals surface area contributed by atoms with E-state index in [2.05, 4.69) is 5.32 Å². The van der Waals surface area contributed by atoms with E-state index in [9.17, 15) is 19.7 Å². The zero-order valence-electron chi connectivity index (χ0n) is 12.9. The summed E-state index contributed by atoms with van der Waals surface area (Å²) < 4.78 is 5.04. The van der Waals surface area contributed by atoms with Crippen LogP contribution in [0.5, 0.6) is 0 Å². The zero-order chi connectivity index (χ0) is 18.6. The second kappa shape index (κ2) is 7.96. The Labute approximate surface area is 152 Å². The summed E-state index contributed by atoms with van der Waals surface area (Å²) in [6, 6.07) is 9.40. The molecule has 0 aliphatic rings. The summed E-state index contributed by atoms with van der Waals surface area (Å²) in [7, 11) is 0. The molecule has 0 spiro atoms. The minimum Gasteiger partial charge on any atom is -0.449 e. The second-order valence-corrected chi connectivity index (χ2v) is 5.81. The highest BCUT2D eigenvalue weighted by Gasteiger charge is 2.20. The van der Waals surface area contributed by atoms with E-state index in [0.717, 1.165) is 0 Å². The Morgan fingerprint density at radius 3 is 2.40 bits per heavy atom. The molecule has 25 heavy (non-hydrogen) atoms. The molecule has 0 unspecified atom stereocenters. The average molecular weight is 383 g/mol. The van der Waals surface area contributed by atoms with E-state index in [1.165, 1.54) is 43.3 Å². The molecule has 0 aliphatic heterocycles. The molecule has 2 aromatic rings. The third kappa shape index (κ3) is 4.91. The van der Waals surface area contributed by atoms with Crippen LogP contribution in [0.4, 0.5) is 11.4 Å². The van der Waals surface area contributed by atoms with Gasteiger partial charge in [0, 0.05) is 17.2 Å². The number of hydrogen-bond donors (Lipinski definition) is 1. The van der Waals surface area contributed by atoms with Crippen molar-refractivity contribution in [3.05, 3.63) is 68.2 Å². The summed E-state index contributed by atoms with van der Waals surface area (Å²) in [5.41, 5.74) is 0.223. The van der Waals surface area contributed by atoms with Gasteiger partial charge in [0.05, 0.1) is 21.2 Å². The molecule has 0 aliphatic carbocycles. The Morgan fingerprint density at radius 1 is 1.16 bits per heavy atom. The van der Waals surface area contributed by atoms with Gasteiger partial charge in [-0.15, -0.1) is 0 Å². The molecule has 1 amide bonds. The number of esters is 1. The predicted octanol–water partition coefficient (Wildman–Crippen LogP) is 4.09. The summed E-state index contributed by atoms with van der Waals surface area (Å²) >= 11 is 11.8. The van der Waals surface area contributed by atoms with Crippen molar-refractivity contribution in [1.82, 2.24) is 0 Å². The van der Waals surface area contributed by atoms with Crippen molar-refractivity contribution in [2.24, 2.45) is 0 Å². The molecule has 1 atom stereocenters. The van der Waals surface area contributed by atoms with Crippen molar-refractivity contribution in [3.63, 3.8) is 0 Å². The van der Waals surface area contributed by atoms with Crippen LogP contribution in [-0.4, -0.2) is 22.9 Å². The molecule has 1 N–H and O–H groups in total. The van der Waals surface area contributed by atoms with Crippen LogP contribution in [0.2, 0.25) is 10.0 Å². The van der Waals surface area contributed by atoms with Crippen molar-refractivity contribution >= 4 is 46.5 Å². The highest BCUT2D eigenvalue weighted by molar-refractivity contribution is 6.35. The molecule has 7 nitrogen and oxygen atoms in total. The molecule has 0 saturated heterocycles. The number of hydrogen-bond acceptors (Lipinski definition) is 5. The molecular weight excluding hydrogens is 371 g/mol. The van der Waals surface area contributed by atoms with Crippen LogP contribution in [0.1, 0.15) is 17.3 Å². The summed E-state index contributed by atoms with van der Waals surface area (Å²) in [6.45, 7) is 1.39. The van der Waals surface area contributed by atoms with E-state index in [1.807, 2.05) is 0 Å². The number of nitro benzene ring substituents is 1. The molecule has 0 heterocycles. The van der Waals surface area contributed by atoms with Crippen molar-refractivity contribution in [1.29, 1.82) is 0 Å². The van der Waals surface area contributed by atoms with Gasteiger partial charge in [-0.1, -0.05) is 23.2 Å². The topological polar surface area (TPSA) is 98.5 Å². The second-order valence-electron chi connectivity index (χ2n) is 4.96. The first-order valence-electron chi connectivity index (χ1n) is 6.99. The first-order valence-corrected chi connectivity index (χ1v) is 7.75. The number of ether oxygens (including phenoxy) is 1. The Hall–Kier alpha value is -2.64. The number of non-ortho nitro benzene ring substituents is 1. The fourth-order valence-electron chi connectivity index (χ4n) is 1.83. The molecule has 0 bridgehead atoms. The van der Waals surface area contributed by atoms with Crippen molar-refractivity contribution in [2.45, 2.75) is 13.0 Å². The molecule has 0 fully saturated rings. The smallest absolute Gasteiger partial charge is 0.338 e. The van der Waals surface area contributed by atoms with Gasteiger partial charge in [-0.2, -0.15) is 0 Å². The van der Waals surface area contributed by atoms with E-state index < -0.39 is 22.9 Å². The maximum absolute atomic E-state index is 12.1. The molecule has 0 radical (unpaired) electrons. The molecule has 0 aromatic heterocycles. The van der Waals surface area contributed by atoms with Crippen LogP contribution < -0.4 is 5.32 Å². The predicted molar refractivity (Wildman–Crippen MR) is 93.1 cm³/mol. The van der Waals surface area contributed by atoms with Gasteiger partial charge in [0.15, 0.2) is 6.10 Å². The molecule has 9 heteroatoms. The average Bonchev–Trinajstić information content (AvgIpc) is 2.58. The molecule has 2 aromatic carbocycles. The highest BCUT2D eigenvalue weighted by atomic mass is 35.5. The summed E-state index contributed by atoms with van der Waals surface area (Å²) in [4.78, 5) is 34.1. The van der Waals surface area contributed by atoms with Gasteiger partial charge in [-0.05, 0) is 37.3 Å². The lowest BCUT2D eigenvalue weighted by Gasteiger charge is -2.14. The van der Waals surface area contributed by atoms with E-state index in [0.29, 0.717) is 5.02 Å². The maximum Gasteiger partial charge on any atom is 0.338 e. The number of anilines is 1. The maximum atomic E-state index is 12.1. The van der Waals surface area contributed by atoms with Crippen LogP contribution in [0.25, 0.3) is 0 Å². The fourth-order valence-corrected chi connectivity index (χ4v) is 2.17. The lowest BCUT2D eigenvalue weighted by molar-refractivity contribution is -0.384. The molecule has 2 rings (SSSR count). The summed E-state index contributed by atoms with van der Waals surface area (Å²) in [6.07, 6.45) is -1.11. The van der Waals surface area contributed by atoms with Gasteiger partial charge in [0.1, 0.15) is 0 Å². The number of halogens is 2. The van der Waals surface area contributed by atoms with Gasteiger partial charge in [-0.25, -0.2) is 4.79 Å². The lowest BCUT2D eigenvalue weighted by atomic mass is 10.2. The monoisotopic (exact) mass is 382 g/mol. The van der Waals surface area contributed by atoms with Crippen LogP contribution in [0.15, 0.2) is 42.5 Å². The first-order chi connectivity index (χ1) is 11.8. The number of amides is 1. The number of nitro groups is 1. The van der Waals surface area contributed by atoms with Gasteiger partial charge < -0.3 is 10.1 Å². The standard InChI is InChI=1S/C16H12Cl2N2O5/c1-9(15(21)19-14-8-11(17)4-7-13(14)18)25-16(22)10-2-5-12(6-3-10)20(23)24/h2-9H,1H3,(H,19,21)/t9-/m1/s1. The van der Waals surface area contributed by atoms with Crippen molar-refractivity contribution in [3.8, 4) is 0 Å². The first kappa shape index (κ1) is 18.7. The number of nitrogens with one attached hydrogen (secondary N) is 1. The van der Waals surface area contributed by atoms with Gasteiger partial charge in [-0.3, -0.25) is 14.9 Å². The van der Waals surface area contributed by atoms with Gasteiger partial charge >= 0.3 is 5.97 Å². The number of nitrogens with zero attached hydrogens (tertiary/aromatic N) is 1. The van der Waals surface area contributed by atoms with Crippen LogP contribution in [0, 0.1) is 10.1 Å². The third-order valence-corrected chi connectivity index (χ3v) is 3.72. The molecule has 0 saturated carbocycles. The number of benzene rings is 2. The summed E-state index contributed by atoms with van der Waals surface area (Å²) in [5.74, 6) is -1.38. The number of carbonyl (C=O) groups is 2. The molecule has 130 valence electrons. The van der Waals surface area contributed by atoms with Crippen molar-refractivity contribution in [2.75, 3.05) is 5.32 Å². The van der Waals surface area contributed by atoms with Crippen LogP contribution in [-0.2, 0) is 9.53 Å². The van der Waals surface area contributed by atoms with Gasteiger partial charge in [0.2, 0.25) is 0 Å². The Kier molecular flexibility index (Phi) is 5.95. The SMILES string of the molecule is C[C@@H](OC(=O)c1ccc([N+](=O)[O-])cc1)C(=O)Nc1cc(Cl)ccc1Cl.